The first-order valence-electron chi connectivity index (χ1n) is 5.35. The van der Waals surface area contributed by atoms with E-state index in [0.717, 1.165) is 11.1 Å². The highest BCUT2D eigenvalue weighted by molar-refractivity contribution is 5.24. The predicted molar refractivity (Wildman–Crippen MR) is 61.8 cm³/mol. The number of hydrogen-bond acceptors (Lipinski definition) is 2. The summed E-state index contributed by atoms with van der Waals surface area (Å²) in [6.07, 6.45) is 1.04. The number of benzene rings is 1. The van der Waals surface area contributed by atoms with Gasteiger partial charge in [0.15, 0.2) is 0 Å². The molecule has 0 aliphatic rings. The Balaban J connectivity index is 2.64. The molecular weight excluding hydrogens is 188 g/mol. The lowest BCUT2D eigenvalue weighted by Gasteiger charge is -2.17. The van der Waals surface area contributed by atoms with Gasteiger partial charge in [-0.05, 0) is 38.3 Å². The van der Waals surface area contributed by atoms with E-state index in [9.17, 15) is 10.2 Å². The summed E-state index contributed by atoms with van der Waals surface area (Å²) in [6, 6.07) is 8.03. The minimum absolute atomic E-state index is 0.301. The van der Waals surface area contributed by atoms with Gasteiger partial charge >= 0.3 is 0 Å². The van der Waals surface area contributed by atoms with Crippen molar-refractivity contribution < 1.29 is 10.2 Å². The van der Waals surface area contributed by atoms with Crippen LogP contribution >= 0.6 is 0 Å². The molecule has 1 rings (SSSR count). The minimum atomic E-state index is -0.661. The van der Waals surface area contributed by atoms with Crippen LogP contribution in [0, 0.1) is 0 Å². The average molecular weight is 208 g/mol. The Bertz CT molecular complexity index is 293. The van der Waals surface area contributed by atoms with Crippen molar-refractivity contribution in [3.05, 3.63) is 35.4 Å². The molecule has 0 saturated heterocycles. The summed E-state index contributed by atoms with van der Waals surface area (Å²) in [4.78, 5) is 0. The fourth-order valence-electron chi connectivity index (χ4n) is 1.63. The summed E-state index contributed by atoms with van der Waals surface area (Å²) >= 11 is 0. The first kappa shape index (κ1) is 12.2. The molecule has 0 bridgehead atoms. The van der Waals surface area contributed by atoms with Crippen molar-refractivity contribution in [3.63, 3.8) is 0 Å². The van der Waals surface area contributed by atoms with Crippen LogP contribution in [0.3, 0.4) is 0 Å². The first-order valence-corrected chi connectivity index (χ1v) is 5.35. The Labute approximate surface area is 91.6 Å². The van der Waals surface area contributed by atoms with Gasteiger partial charge in [-0.15, -0.1) is 0 Å². The van der Waals surface area contributed by atoms with Crippen molar-refractivity contribution in [1.29, 1.82) is 0 Å². The van der Waals surface area contributed by atoms with Gasteiger partial charge < -0.3 is 10.2 Å². The monoisotopic (exact) mass is 208 g/mol. The molecule has 0 aliphatic carbocycles. The molecule has 0 spiro atoms. The van der Waals surface area contributed by atoms with Gasteiger partial charge in [-0.2, -0.15) is 0 Å². The molecule has 0 aliphatic heterocycles. The molecule has 0 fully saturated rings. The molecular formula is C13H20O2. The van der Waals surface area contributed by atoms with Gasteiger partial charge in [0.2, 0.25) is 0 Å². The summed E-state index contributed by atoms with van der Waals surface area (Å²) in [7, 11) is 0. The summed E-state index contributed by atoms with van der Waals surface area (Å²) < 4.78 is 0. The molecule has 1 atom stereocenters. The molecule has 0 heterocycles. The van der Waals surface area contributed by atoms with E-state index < -0.39 is 5.60 Å². The summed E-state index contributed by atoms with van der Waals surface area (Å²) in [5.74, 6) is 0. The van der Waals surface area contributed by atoms with Crippen molar-refractivity contribution in [1.82, 2.24) is 0 Å². The van der Waals surface area contributed by atoms with Crippen molar-refractivity contribution in [2.75, 3.05) is 0 Å². The summed E-state index contributed by atoms with van der Waals surface area (Å²) in [5, 5.41) is 18.9. The highest BCUT2D eigenvalue weighted by Crippen LogP contribution is 2.13. The van der Waals surface area contributed by atoms with Crippen LogP contribution in [-0.2, 0) is 12.8 Å². The largest absolute Gasteiger partial charge is 0.393 e. The average Bonchev–Trinajstić information content (AvgIpc) is 2.05. The van der Waals surface area contributed by atoms with E-state index in [2.05, 4.69) is 0 Å². The molecule has 1 aromatic rings. The third-order valence-corrected chi connectivity index (χ3v) is 2.19. The SMILES string of the molecule is CC(O)Cc1ccc(CC(C)(C)O)cc1. The minimum Gasteiger partial charge on any atom is -0.393 e. The van der Waals surface area contributed by atoms with Crippen LogP contribution < -0.4 is 0 Å². The van der Waals surface area contributed by atoms with Crippen LogP contribution in [0.2, 0.25) is 0 Å². The van der Waals surface area contributed by atoms with Gasteiger partial charge in [0.25, 0.3) is 0 Å². The zero-order valence-corrected chi connectivity index (χ0v) is 9.70. The maximum atomic E-state index is 9.65. The highest BCUT2D eigenvalue weighted by Gasteiger charge is 2.12. The van der Waals surface area contributed by atoms with E-state index in [4.69, 9.17) is 0 Å². The van der Waals surface area contributed by atoms with Gasteiger partial charge in [0.05, 0.1) is 11.7 Å². The van der Waals surface area contributed by atoms with E-state index in [1.54, 1.807) is 20.8 Å². The third-order valence-electron chi connectivity index (χ3n) is 2.19. The van der Waals surface area contributed by atoms with Gasteiger partial charge in [0, 0.05) is 6.42 Å². The lowest BCUT2D eigenvalue weighted by Crippen LogP contribution is -2.21. The fraction of sp³-hybridized carbons (Fsp3) is 0.538. The molecule has 2 N–H and O–H groups in total. The lowest BCUT2D eigenvalue weighted by atomic mass is 9.97. The normalized spacial score (nSPS) is 13.9. The van der Waals surface area contributed by atoms with Gasteiger partial charge in [-0.3, -0.25) is 0 Å². The Kier molecular flexibility index (Phi) is 3.89. The highest BCUT2D eigenvalue weighted by atomic mass is 16.3. The van der Waals surface area contributed by atoms with Crippen molar-refractivity contribution in [2.24, 2.45) is 0 Å². The van der Waals surface area contributed by atoms with Crippen LogP contribution in [-0.4, -0.2) is 21.9 Å². The van der Waals surface area contributed by atoms with Crippen molar-refractivity contribution in [3.8, 4) is 0 Å². The van der Waals surface area contributed by atoms with E-state index in [0.29, 0.717) is 12.8 Å². The number of hydrogen-bond donors (Lipinski definition) is 2. The Hall–Kier alpha value is -0.860. The molecule has 0 aromatic heterocycles. The first-order chi connectivity index (χ1) is 6.87. The third kappa shape index (κ3) is 4.96. The van der Waals surface area contributed by atoms with E-state index >= 15 is 0 Å². The Morgan fingerprint density at radius 2 is 1.60 bits per heavy atom. The van der Waals surface area contributed by atoms with Crippen LogP contribution in [0.4, 0.5) is 0 Å². The quantitative estimate of drug-likeness (QED) is 0.793. The molecule has 2 nitrogen and oxygen atoms in total. The lowest BCUT2D eigenvalue weighted by molar-refractivity contribution is 0.0810. The van der Waals surface area contributed by atoms with Crippen LogP contribution in [0.15, 0.2) is 24.3 Å². The predicted octanol–water partition coefficient (Wildman–Crippen LogP) is 1.92. The zero-order valence-electron chi connectivity index (χ0n) is 9.70. The summed E-state index contributed by atoms with van der Waals surface area (Å²) in [6.45, 7) is 5.39. The topological polar surface area (TPSA) is 40.5 Å². The maximum Gasteiger partial charge on any atom is 0.0631 e. The molecule has 1 aromatic carbocycles. The smallest absolute Gasteiger partial charge is 0.0631 e. The number of aliphatic hydroxyl groups excluding tert-OH is 1. The standard InChI is InChI=1S/C13H20O2/c1-10(14)8-11-4-6-12(7-5-11)9-13(2,3)15/h4-7,10,14-15H,8-9H2,1-3H3. The number of aliphatic hydroxyl groups is 2. The number of rotatable bonds is 4. The molecule has 0 radical (unpaired) electrons. The van der Waals surface area contributed by atoms with Crippen LogP contribution in [0.1, 0.15) is 31.9 Å². The fourth-order valence-corrected chi connectivity index (χ4v) is 1.63. The van der Waals surface area contributed by atoms with E-state index in [-0.39, 0.29) is 6.10 Å². The van der Waals surface area contributed by atoms with Gasteiger partial charge in [-0.25, -0.2) is 0 Å². The molecule has 0 amide bonds. The van der Waals surface area contributed by atoms with E-state index in [1.807, 2.05) is 24.3 Å². The summed E-state index contributed by atoms with van der Waals surface area (Å²) in [5.41, 5.74) is 1.59. The Morgan fingerprint density at radius 1 is 1.13 bits per heavy atom. The van der Waals surface area contributed by atoms with E-state index in [1.165, 1.54) is 0 Å². The molecule has 0 saturated carbocycles. The van der Waals surface area contributed by atoms with Crippen molar-refractivity contribution >= 4 is 0 Å². The molecule has 15 heavy (non-hydrogen) atoms. The van der Waals surface area contributed by atoms with Gasteiger partial charge in [-0.1, -0.05) is 24.3 Å². The van der Waals surface area contributed by atoms with Crippen LogP contribution in [0.25, 0.3) is 0 Å². The zero-order chi connectivity index (χ0) is 11.5. The second-order valence-corrected chi connectivity index (χ2v) is 4.86. The molecule has 1 unspecified atom stereocenters. The second-order valence-electron chi connectivity index (χ2n) is 4.86. The van der Waals surface area contributed by atoms with Crippen LogP contribution in [0.5, 0.6) is 0 Å². The Morgan fingerprint density at radius 3 is 2.00 bits per heavy atom. The molecule has 2 heteroatoms. The molecule has 84 valence electrons. The van der Waals surface area contributed by atoms with Gasteiger partial charge in [0.1, 0.15) is 0 Å². The van der Waals surface area contributed by atoms with Crippen molar-refractivity contribution in [2.45, 2.75) is 45.3 Å². The maximum absolute atomic E-state index is 9.65. The second kappa shape index (κ2) is 4.77.